The van der Waals surface area contributed by atoms with E-state index in [2.05, 4.69) is 15.2 Å². The zero-order valence-corrected chi connectivity index (χ0v) is 13.2. The molecule has 112 valence electrons. The number of rotatable bonds is 6. The first-order valence-corrected chi connectivity index (χ1v) is 7.73. The maximum Gasteiger partial charge on any atom is 0.319 e. The molecule has 2 rings (SSSR count). The minimum absolute atomic E-state index is 0.264. The first kappa shape index (κ1) is 15.6. The van der Waals surface area contributed by atoms with Gasteiger partial charge < -0.3 is 4.74 Å². The molecule has 1 aromatic carbocycles. The van der Waals surface area contributed by atoms with E-state index >= 15 is 0 Å². The first-order valence-electron chi connectivity index (χ1n) is 6.85. The van der Waals surface area contributed by atoms with Gasteiger partial charge >= 0.3 is 5.97 Å². The van der Waals surface area contributed by atoms with Crippen LogP contribution >= 0.6 is 11.8 Å². The Morgan fingerprint density at radius 1 is 1.29 bits per heavy atom. The van der Waals surface area contributed by atoms with Crippen molar-refractivity contribution in [3.8, 4) is 0 Å². The SMILES string of the molecule is CC(Sc1n[nH]c(C(C)C)n1)C(=O)OCc1ccccc1. The molecule has 5 nitrogen and oxygen atoms in total. The summed E-state index contributed by atoms with van der Waals surface area (Å²) in [6.45, 7) is 6.15. The van der Waals surface area contributed by atoms with Gasteiger partial charge in [-0.25, -0.2) is 4.98 Å². The van der Waals surface area contributed by atoms with E-state index in [-0.39, 0.29) is 23.7 Å². The number of H-pyrrole nitrogens is 1. The zero-order valence-electron chi connectivity index (χ0n) is 12.4. The number of aromatic amines is 1. The van der Waals surface area contributed by atoms with E-state index < -0.39 is 0 Å². The number of hydrogen-bond donors (Lipinski definition) is 1. The van der Waals surface area contributed by atoms with Crippen molar-refractivity contribution in [3.05, 3.63) is 41.7 Å². The van der Waals surface area contributed by atoms with Gasteiger partial charge in [0.2, 0.25) is 5.16 Å². The predicted molar refractivity (Wildman–Crippen MR) is 82.0 cm³/mol. The summed E-state index contributed by atoms with van der Waals surface area (Å²) >= 11 is 1.30. The van der Waals surface area contributed by atoms with Crippen LogP contribution in [0.2, 0.25) is 0 Å². The van der Waals surface area contributed by atoms with Gasteiger partial charge in [0.1, 0.15) is 17.7 Å². The first-order chi connectivity index (χ1) is 10.1. The van der Waals surface area contributed by atoms with Gasteiger partial charge in [0.25, 0.3) is 0 Å². The Morgan fingerprint density at radius 2 is 2.00 bits per heavy atom. The molecule has 0 fully saturated rings. The molecule has 0 aliphatic heterocycles. The number of thioether (sulfide) groups is 1. The lowest BCUT2D eigenvalue weighted by atomic mass is 10.2. The number of ether oxygens (including phenoxy) is 1. The molecule has 0 aliphatic rings. The highest BCUT2D eigenvalue weighted by Gasteiger charge is 2.19. The summed E-state index contributed by atoms with van der Waals surface area (Å²) in [4.78, 5) is 16.3. The van der Waals surface area contributed by atoms with Crippen LogP contribution < -0.4 is 0 Å². The minimum Gasteiger partial charge on any atom is -0.460 e. The molecule has 0 spiro atoms. The number of benzene rings is 1. The number of nitrogens with zero attached hydrogens (tertiary/aromatic N) is 2. The van der Waals surface area contributed by atoms with Crippen LogP contribution in [-0.4, -0.2) is 26.4 Å². The third-order valence-corrected chi connectivity index (χ3v) is 3.81. The van der Waals surface area contributed by atoms with Gasteiger partial charge in [-0.15, -0.1) is 5.10 Å². The summed E-state index contributed by atoms with van der Waals surface area (Å²) in [6, 6.07) is 9.62. The highest BCUT2D eigenvalue weighted by Crippen LogP contribution is 2.22. The molecule has 1 N–H and O–H groups in total. The van der Waals surface area contributed by atoms with E-state index in [1.54, 1.807) is 6.92 Å². The Kier molecular flexibility index (Phi) is 5.38. The number of esters is 1. The average molecular weight is 305 g/mol. The van der Waals surface area contributed by atoms with E-state index in [1.165, 1.54) is 11.8 Å². The van der Waals surface area contributed by atoms with Crippen LogP contribution in [0, 0.1) is 0 Å². The topological polar surface area (TPSA) is 67.9 Å². The number of aromatic nitrogens is 3. The van der Waals surface area contributed by atoms with Gasteiger partial charge in [0.05, 0.1) is 0 Å². The second-order valence-corrected chi connectivity index (χ2v) is 6.32. The van der Waals surface area contributed by atoms with Crippen molar-refractivity contribution in [2.45, 2.75) is 43.7 Å². The second-order valence-electron chi connectivity index (χ2n) is 5.01. The van der Waals surface area contributed by atoms with Crippen LogP contribution in [-0.2, 0) is 16.1 Å². The van der Waals surface area contributed by atoms with Crippen LogP contribution in [0.25, 0.3) is 0 Å². The predicted octanol–water partition coefficient (Wildman–Crippen LogP) is 3.15. The summed E-state index contributed by atoms with van der Waals surface area (Å²) in [7, 11) is 0. The van der Waals surface area contributed by atoms with Crippen LogP contribution in [0.4, 0.5) is 0 Å². The van der Waals surface area contributed by atoms with E-state index in [4.69, 9.17) is 4.74 Å². The van der Waals surface area contributed by atoms with E-state index in [0.29, 0.717) is 5.16 Å². The molecule has 1 heterocycles. The van der Waals surface area contributed by atoms with Crippen LogP contribution in [0.1, 0.15) is 38.1 Å². The van der Waals surface area contributed by atoms with E-state index in [1.807, 2.05) is 44.2 Å². The number of nitrogens with one attached hydrogen (secondary N) is 1. The van der Waals surface area contributed by atoms with E-state index in [9.17, 15) is 4.79 Å². The molecule has 0 aliphatic carbocycles. The van der Waals surface area contributed by atoms with Crippen molar-refractivity contribution in [2.24, 2.45) is 0 Å². The Hall–Kier alpha value is -1.82. The molecular weight excluding hydrogens is 286 g/mol. The van der Waals surface area contributed by atoms with Crippen molar-refractivity contribution in [2.75, 3.05) is 0 Å². The van der Waals surface area contributed by atoms with Gasteiger partial charge in [-0.2, -0.15) is 0 Å². The molecule has 1 unspecified atom stereocenters. The molecule has 6 heteroatoms. The molecule has 0 radical (unpaired) electrons. The third-order valence-electron chi connectivity index (χ3n) is 2.87. The highest BCUT2D eigenvalue weighted by molar-refractivity contribution is 8.00. The van der Waals surface area contributed by atoms with E-state index in [0.717, 1.165) is 11.4 Å². The van der Waals surface area contributed by atoms with Crippen LogP contribution in [0.5, 0.6) is 0 Å². The Bertz CT molecular complexity index is 584. The zero-order chi connectivity index (χ0) is 15.2. The van der Waals surface area contributed by atoms with Crippen molar-refractivity contribution >= 4 is 17.7 Å². The maximum atomic E-state index is 12.0. The third kappa shape index (κ3) is 4.60. The van der Waals surface area contributed by atoms with Gasteiger partial charge in [0, 0.05) is 5.92 Å². The summed E-state index contributed by atoms with van der Waals surface area (Å²) in [5.41, 5.74) is 0.975. The smallest absolute Gasteiger partial charge is 0.319 e. The fourth-order valence-corrected chi connectivity index (χ4v) is 2.35. The lowest BCUT2D eigenvalue weighted by Crippen LogP contribution is -2.17. The fraction of sp³-hybridized carbons (Fsp3) is 0.400. The summed E-state index contributed by atoms with van der Waals surface area (Å²) in [6.07, 6.45) is 0. The number of hydrogen-bond acceptors (Lipinski definition) is 5. The molecule has 2 aromatic rings. The summed E-state index contributed by atoms with van der Waals surface area (Å²) < 4.78 is 5.29. The van der Waals surface area contributed by atoms with Crippen LogP contribution in [0.15, 0.2) is 35.5 Å². The lowest BCUT2D eigenvalue weighted by molar-refractivity contribution is -0.143. The normalized spacial score (nSPS) is 12.4. The lowest BCUT2D eigenvalue weighted by Gasteiger charge is -2.09. The molecule has 0 saturated carbocycles. The molecule has 1 aromatic heterocycles. The monoisotopic (exact) mass is 305 g/mol. The summed E-state index contributed by atoms with van der Waals surface area (Å²) in [5, 5.41) is 7.20. The number of carbonyl (C=O) groups excluding carboxylic acids is 1. The average Bonchev–Trinajstić information content (AvgIpc) is 2.94. The van der Waals surface area contributed by atoms with Crippen LogP contribution in [0.3, 0.4) is 0 Å². The molecule has 0 saturated heterocycles. The van der Waals surface area contributed by atoms with Crippen molar-refractivity contribution in [1.82, 2.24) is 15.2 Å². The fourth-order valence-electron chi connectivity index (χ4n) is 1.62. The largest absolute Gasteiger partial charge is 0.460 e. The van der Waals surface area contributed by atoms with Crippen molar-refractivity contribution < 1.29 is 9.53 Å². The standard InChI is InChI=1S/C15H19N3O2S/c1-10(2)13-16-15(18-17-13)21-11(3)14(19)20-9-12-7-5-4-6-8-12/h4-8,10-11H,9H2,1-3H3,(H,16,17,18). The van der Waals surface area contributed by atoms with Gasteiger partial charge in [-0.05, 0) is 12.5 Å². The van der Waals surface area contributed by atoms with Crippen molar-refractivity contribution in [1.29, 1.82) is 0 Å². The Labute approximate surface area is 128 Å². The highest BCUT2D eigenvalue weighted by atomic mass is 32.2. The molecule has 21 heavy (non-hydrogen) atoms. The quantitative estimate of drug-likeness (QED) is 0.656. The van der Waals surface area contributed by atoms with Gasteiger partial charge in [0.15, 0.2) is 0 Å². The molecule has 0 amide bonds. The minimum atomic E-state index is -0.343. The van der Waals surface area contributed by atoms with Gasteiger partial charge in [-0.3, -0.25) is 9.89 Å². The molecule has 1 atom stereocenters. The van der Waals surface area contributed by atoms with Gasteiger partial charge in [-0.1, -0.05) is 55.9 Å². The Morgan fingerprint density at radius 3 is 2.62 bits per heavy atom. The van der Waals surface area contributed by atoms with Crippen molar-refractivity contribution in [3.63, 3.8) is 0 Å². The number of carbonyl (C=O) groups is 1. The molecule has 0 bridgehead atoms. The molecular formula is C15H19N3O2S. The maximum absolute atomic E-state index is 12.0. The summed E-state index contributed by atoms with van der Waals surface area (Å²) in [5.74, 6) is 0.842. The second kappa shape index (κ2) is 7.26. The Balaban J connectivity index is 1.84.